The van der Waals surface area contributed by atoms with Gasteiger partial charge in [0.2, 0.25) is 0 Å². The molecule has 0 aromatic rings. The Bertz CT molecular complexity index is 916. The fourth-order valence-corrected chi connectivity index (χ4v) is 8.17. The summed E-state index contributed by atoms with van der Waals surface area (Å²) in [6.07, 6.45) is 48.0. The summed E-state index contributed by atoms with van der Waals surface area (Å²) in [5.41, 5.74) is 0. The molecule has 6 heteroatoms. The third-order valence-corrected chi connectivity index (χ3v) is 12.2. The van der Waals surface area contributed by atoms with Crippen LogP contribution < -0.4 is 0 Å². The maximum Gasteiger partial charge on any atom is 0.306 e. The summed E-state index contributed by atoms with van der Waals surface area (Å²) in [5.74, 6) is 0.788. The Balaban J connectivity index is 4.30. The Kier molecular flexibility index (Phi) is 45.7. The molecule has 0 heterocycles. The number of esters is 3. The average molecular weight is 849 g/mol. The zero-order chi connectivity index (χ0) is 44.0. The normalized spacial score (nSPS) is 12.1. The SMILES string of the molecule is CCCCCCCCCCCCCCCCCCC(=O)OC[C@H](COC(=O)CCCCCCCCCCCCC(C)C)OC(=O)CCCCCCCCCCCCC(C)C. The third kappa shape index (κ3) is 47.5. The number of hydrogen-bond acceptors (Lipinski definition) is 6. The molecule has 0 fully saturated rings. The first-order valence-corrected chi connectivity index (χ1v) is 26.7. The molecule has 0 aliphatic rings. The molecule has 0 aliphatic carbocycles. The number of carbonyl (C=O) groups excluding carboxylic acids is 3. The highest BCUT2D eigenvalue weighted by atomic mass is 16.6. The molecule has 0 unspecified atom stereocenters. The van der Waals surface area contributed by atoms with E-state index >= 15 is 0 Å². The Morgan fingerprint density at radius 2 is 0.550 bits per heavy atom. The van der Waals surface area contributed by atoms with Crippen molar-refractivity contribution in [3.63, 3.8) is 0 Å². The molecule has 0 radical (unpaired) electrons. The Hall–Kier alpha value is -1.59. The molecule has 356 valence electrons. The van der Waals surface area contributed by atoms with Crippen molar-refractivity contribution < 1.29 is 28.6 Å². The Morgan fingerprint density at radius 3 is 0.817 bits per heavy atom. The maximum atomic E-state index is 12.8. The van der Waals surface area contributed by atoms with Crippen LogP contribution in [0.3, 0.4) is 0 Å². The summed E-state index contributed by atoms with van der Waals surface area (Å²) in [5, 5.41) is 0. The third-order valence-electron chi connectivity index (χ3n) is 12.2. The van der Waals surface area contributed by atoms with Crippen molar-refractivity contribution in [2.75, 3.05) is 13.2 Å². The quantitative estimate of drug-likeness (QED) is 0.0345. The molecule has 0 saturated carbocycles. The van der Waals surface area contributed by atoms with Crippen molar-refractivity contribution in [3.05, 3.63) is 0 Å². The van der Waals surface area contributed by atoms with Gasteiger partial charge >= 0.3 is 17.9 Å². The maximum absolute atomic E-state index is 12.8. The lowest BCUT2D eigenvalue weighted by atomic mass is 10.0. The number of carbonyl (C=O) groups is 3. The summed E-state index contributed by atoms with van der Waals surface area (Å²) < 4.78 is 16.8. The van der Waals surface area contributed by atoms with Crippen LogP contribution in [0.15, 0.2) is 0 Å². The van der Waals surface area contributed by atoms with Gasteiger partial charge < -0.3 is 14.2 Å². The molecule has 0 bridgehead atoms. The second-order valence-corrected chi connectivity index (χ2v) is 19.5. The van der Waals surface area contributed by atoms with E-state index in [0.29, 0.717) is 19.3 Å². The molecule has 0 rings (SSSR count). The van der Waals surface area contributed by atoms with Crippen molar-refractivity contribution in [2.24, 2.45) is 11.8 Å². The molecule has 0 saturated heterocycles. The predicted molar refractivity (Wildman–Crippen MR) is 256 cm³/mol. The highest BCUT2D eigenvalue weighted by molar-refractivity contribution is 5.71. The summed E-state index contributed by atoms with van der Waals surface area (Å²) in [6.45, 7) is 11.4. The van der Waals surface area contributed by atoms with Gasteiger partial charge in [0.1, 0.15) is 13.2 Å². The lowest BCUT2D eigenvalue weighted by Crippen LogP contribution is -2.30. The van der Waals surface area contributed by atoms with E-state index in [1.807, 2.05) is 0 Å². The Morgan fingerprint density at radius 1 is 0.317 bits per heavy atom. The van der Waals surface area contributed by atoms with Crippen molar-refractivity contribution in [1.29, 1.82) is 0 Å². The van der Waals surface area contributed by atoms with Gasteiger partial charge in [-0.2, -0.15) is 0 Å². The van der Waals surface area contributed by atoms with Crippen molar-refractivity contribution >= 4 is 17.9 Å². The summed E-state index contributed by atoms with van der Waals surface area (Å²) in [7, 11) is 0. The molecule has 0 aromatic carbocycles. The van der Waals surface area contributed by atoms with Crippen LogP contribution in [0.2, 0.25) is 0 Å². The molecule has 1 atom stereocenters. The van der Waals surface area contributed by atoms with E-state index in [4.69, 9.17) is 14.2 Å². The van der Waals surface area contributed by atoms with Crippen LogP contribution >= 0.6 is 0 Å². The van der Waals surface area contributed by atoms with E-state index in [1.54, 1.807) is 0 Å². The largest absolute Gasteiger partial charge is 0.462 e. The lowest BCUT2D eigenvalue weighted by molar-refractivity contribution is -0.167. The van der Waals surface area contributed by atoms with Crippen LogP contribution in [0.1, 0.15) is 298 Å². The van der Waals surface area contributed by atoms with Gasteiger partial charge in [-0.15, -0.1) is 0 Å². The molecule has 0 spiro atoms. The minimum absolute atomic E-state index is 0.0636. The second kappa shape index (κ2) is 46.9. The zero-order valence-electron chi connectivity index (χ0n) is 41.1. The van der Waals surface area contributed by atoms with Crippen LogP contribution in [-0.4, -0.2) is 37.2 Å². The van der Waals surface area contributed by atoms with Gasteiger partial charge in [0.25, 0.3) is 0 Å². The van der Waals surface area contributed by atoms with Crippen LogP contribution in [0, 0.1) is 11.8 Å². The number of ether oxygens (including phenoxy) is 3. The average Bonchev–Trinajstić information content (AvgIpc) is 3.22. The van der Waals surface area contributed by atoms with Crippen molar-refractivity contribution in [2.45, 2.75) is 304 Å². The van der Waals surface area contributed by atoms with Crippen molar-refractivity contribution in [1.82, 2.24) is 0 Å². The molecule has 0 amide bonds. The van der Waals surface area contributed by atoms with E-state index in [1.165, 1.54) is 186 Å². The molecule has 0 N–H and O–H groups in total. The first-order chi connectivity index (χ1) is 29.2. The molecular formula is C54H104O6. The zero-order valence-corrected chi connectivity index (χ0v) is 41.1. The van der Waals surface area contributed by atoms with Crippen LogP contribution in [0.4, 0.5) is 0 Å². The Labute approximate surface area is 374 Å². The lowest BCUT2D eigenvalue weighted by Gasteiger charge is -2.18. The molecule has 60 heavy (non-hydrogen) atoms. The highest BCUT2D eigenvalue weighted by Crippen LogP contribution is 2.17. The number of rotatable bonds is 48. The van der Waals surface area contributed by atoms with Crippen LogP contribution in [0.5, 0.6) is 0 Å². The summed E-state index contributed by atoms with van der Waals surface area (Å²) >= 11 is 0. The van der Waals surface area contributed by atoms with E-state index < -0.39 is 6.10 Å². The van der Waals surface area contributed by atoms with E-state index in [9.17, 15) is 14.4 Å². The summed E-state index contributed by atoms with van der Waals surface area (Å²) in [4.78, 5) is 38.0. The highest BCUT2D eigenvalue weighted by Gasteiger charge is 2.19. The molecule has 0 aromatic heterocycles. The molecule has 0 aliphatic heterocycles. The predicted octanol–water partition coefficient (Wildman–Crippen LogP) is 17.3. The topological polar surface area (TPSA) is 78.9 Å². The second-order valence-electron chi connectivity index (χ2n) is 19.5. The molecule has 6 nitrogen and oxygen atoms in total. The van der Waals surface area contributed by atoms with Gasteiger partial charge in [0.15, 0.2) is 6.10 Å². The standard InChI is InChI=1S/C54H104O6/c1-6-7-8-9-10-11-12-13-14-15-16-17-24-29-34-39-44-52(55)58-47-51(60-54(57)46-41-36-31-26-21-19-23-28-33-38-43-50(4)5)48-59-53(56)45-40-35-30-25-20-18-22-27-32-37-42-49(2)3/h49-51H,6-48H2,1-5H3/t51-/m1/s1. The van der Waals surface area contributed by atoms with Gasteiger partial charge in [0.05, 0.1) is 0 Å². The fourth-order valence-electron chi connectivity index (χ4n) is 8.17. The number of hydrogen-bond donors (Lipinski definition) is 0. The number of unbranched alkanes of at least 4 members (excludes halogenated alkanes) is 33. The van der Waals surface area contributed by atoms with E-state index in [-0.39, 0.29) is 31.1 Å². The van der Waals surface area contributed by atoms with Crippen LogP contribution in [0.25, 0.3) is 0 Å². The summed E-state index contributed by atoms with van der Waals surface area (Å²) in [6, 6.07) is 0. The first-order valence-electron chi connectivity index (χ1n) is 26.7. The van der Waals surface area contributed by atoms with Gasteiger partial charge in [-0.05, 0) is 31.1 Å². The minimum atomic E-state index is -0.762. The first kappa shape index (κ1) is 58.4. The monoisotopic (exact) mass is 849 g/mol. The van der Waals surface area contributed by atoms with Gasteiger partial charge in [0, 0.05) is 19.3 Å². The van der Waals surface area contributed by atoms with Crippen LogP contribution in [-0.2, 0) is 28.6 Å². The minimum Gasteiger partial charge on any atom is -0.462 e. The van der Waals surface area contributed by atoms with E-state index in [0.717, 1.165) is 69.6 Å². The van der Waals surface area contributed by atoms with Gasteiger partial charge in [-0.3, -0.25) is 14.4 Å². The van der Waals surface area contributed by atoms with Crippen molar-refractivity contribution in [3.8, 4) is 0 Å². The fraction of sp³-hybridized carbons (Fsp3) is 0.944. The van der Waals surface area contributed by atoms with E-state index in [2.05, 4.69) is 34.6 Å². The smallest absolute Gasteiger partial charge is 0.306 e. The molecular weight excluding hydrogens is 745 g/mol. The van der Waals surface area contributed by atoms with Gasteiger partial charge in [-0.25, -0.2) is 0 Å². The van der Waals surface area contributed by atoms with Gasteiger partial charge in [-0.1, -0.05) is 259 Å².